The van der Waals surface area contributed by atoms with Gasteiger partial charge in [-0.05, 0) is 12.8 Å². The van der Waals surface area contributed by atoms with E-state index in [1.165, 1.54) is 0 Å². The largest absolute Gasteiger partial charge is 0.385 e. The number of ether oxygens (including phenoxy) is 1. The summed E-state index contributed by atoms with van der Waals surface area (Å²) in [6.45, 7) is 6.07. The first-order valence-corrected chi connectivity index (χ1v) is 8.33. The van der Waals surface area contributed by atoms with E-state index in [-0.39, 0.29) is 11.8 Å². The Labute approximate surface area is 112 Å². The van der Waals surface area contributed by atoms with Gasteiger partial charge in [0, 0.05) is 37.3 Å². The maximum atomic E-state index is 11.5. The quantitative estimate of drug-likeness (QED) is 0.664. The molecule has 1 saturated heterocycles. The van der Waals surface area contributed by atoms with Crippen LogP contribution in [0.2, 0.25) is 0 Å². The maximum Gasteiger partial charge on any atom is 0.151 e. The fourth-order valence-corrected chi connectivity index (χ4v) is 4.17. The first-order valence-electron chi connectivity index (χ1n) is 5.71. The van der Waals surface area contributed by atoms with Gasteiger partial charge in [0.15, 0.2) is 9.84 Å². The molecule has 0 aromatic carbocycles. The zero-order valence-corrected chi connectivity index (χ0v) is 12.6. The maximum absolute atomic E-state index is 11.5. The van der Waals surface area contributed by atoms with Gasteiger partial charge in [-0.3, -0.25) is 4.90 Å². The van der Waals surface area contributed by atoms with Crippen LogP contribution in [0.1, 0.15) is 12.8 Å². The lowest BCUT2D eigenvalue weighted by molar-refractivity contribution is 0.162. The van der Waals surface area contributed by atoms with E-state index in [4.69, 9.17) is 4.74 Å². The number of rotatable bonds is 7. The summed E-state index contributed by atoms with van der Waals surface area (Å²) in [6.07, 6.45) is 1.64. The van der Waals surface area contributed by atoms with Gasteiger partial charge in [-0.2, -0.15) is 0 Å². The van der Waals surface area contributed by atoms with Gasteiger partial charge < -0.3 is 4.74 Å². The van der Waals surface area contributed by atoms with Crippen LogP contribution < -0.4 is 0 Å². The molecule has 0 spiro atoms. The molecule has 0 aromatic heterocycles. The van der Waals surface area contributed by atoms with Crippen LogP contribution in [0.4, 0.5) is 0 Å². The molecule has 100 valence electrons. The summed E-state index contributed by atoms with van der Waals surface area (Å²) in [5.74, 6) is 0.591. The lowest BCUT2D eigenvalue weighted by atomic mass is 10.2. The molecule has 1 rings (SSSR count). The summed E-state index contributed by atoms with van der Waals surface area (Å²) in [7, 11) is -1.15. The molecule has 1 unspecified atom stereocenters. The van der Waals surface area contributed by atoms with Crippen molar-refractivity contribution in [1.29, 1.82) is 0 Å². The minimum Gasteiger partial charge on any atom is -0.385 e. The molecule has 0 bridgehead atoms. The summed E-state index contributed by atoms with van der Waals surface area (Å²) in [4.78, 5) is 2.18. The van der Waals surface area contributed by atoms with Crippen LogP contribution in [0.5, 0.6) is 0 Å². The minimum absolute atomic E-state index is 0.131. The third-order valence-electron chi connectivity index (χ3n) is 2.89. The van der Waals surface area contributed by atoms with E-state index in [1.54, 1.807) is 7.11 Å². The van der Waals surface area contributed by atoms with E-state index in [2.05, 4.69) is 27.4 Å². The lowest BCUT2D eigenvalue weighted by Crippen LogP contribution is -2.38. The molecular weight excluding hydrogens is 306 g/mol. The van der Waals surface area contributed by atoms with Crippen molar-refractivity contribution in [1.82, 2.24) is 4.90 Å². The zero-order chi connectivity index (χ0) is 12.9. The number of methoxy groups -OCH3 is 1. The molecule has 0 N–H and O–H groups in total. The highest BCUT2D eigenvalue weighted by atomic mass is 79.9. The summed E-state index contributed by atoms with van der Waals surface area (Å²) < 4.78 is 28.9. The summed E-state index contributed by atoms with van der Waals surface area (Å²) in [5.41, 5.74) is 0. The molecule has 1 atom stereocenters. The summed E-state index contributed by atoms with van der Waals surface area (Å²) in [5, 5.41) is 0. The number of nitrogens with zero attached hydrogens (tertiary/aromatic N) is 1. The Morgan fingerprint density at radius 2 is 2.29 bits per heavy atom. The molecule has 0 amide bonds. The Morgan fingerprint density at radius 3 is 2.76 bits per heavy atom. The molecule has 0 saturated carbocycles. The highest BCUT2D eigenvalue weighted by Gasteiger charge is 2.31. The molecule has 4 nitrogen and oxygen atoms in total. The number of sulfone groups is 1. The van der Waals surface area contributed by atoms with Crippen molar-refractivity contribution in [2.75, 3.05) is 38.3 Å². The number of halogens is 1. The summed E-state index contributed by atoms with van der Waals surface area (Å²) >= 11 is 3.34. The van der Waals surface area contributed by atoms with Gasteiger partial charge in [0.25, 0.3) is 0 Å². The smallest absolute Gasteiger partial charge is 0.151 e. The molecule has 1 aliphatic heterocycles. The number of hydrogen-bond donors (Lipinski definition) is 0. The standard InChI is InChI=1S/C11H20BrNO3S/c1-10(12)8-13(5-3-6-16-2)11-4-7-17(14,15)9-11/h11H,1,3-9H2,2H3. The van der Waals surface area contributed by atoms with Crippen molar-refractivity contribution >= 4 is 25.8 Å². The molecule has 0 radical (unpaired) electrons. The minimum atomic E-state index is -2.82. The SMILES string of the molecule is C=C(Br)CN(CCCOC)C1CCS(=O)(=O)C1. The van der Waals surface area contributed by atoms with Gasteiger partial charge in [-0.25, -0.2) is 8.42 Å². The molecule has 0 aliphatic carbocycles. The topological polar surface area (TPSA) is 46.6 Å². The van der Waals surface area contributed by atoms with Crippen molar-refractivity contribution in [2.24, 2.45) is 0 Å². The van der Waals surface area contributed by atoms with E-state index in [0.29, 0.717) is 18.9 Å². The molecule has 17 heavy (non-hydrogen) atoms. The first kappa shape index (κ1) is 15.1. The van der Waals surface area contributed by atoms with Gasteiger partial charge in [0.1, 0.15) is 0 Å². The van der Waals surface area contributed by atoms with Crippen molar-refractivity contribution in [3.05, 3.63) is 11.1 Å². The van der Waals surface area contributed by atoms with Crippen molar-refractivity contribution in [3.8, 4) is 0 Å². The Balaban J connectivity index is 2.53. The third-order valence-corrected chi connectivity index (χ3v) is 4.89. The average molecular weight is 326 g/mol. The van der Waals surface area contributed by atoms with Crippen LogP contribution >= 0.6 is 15.9 Å². The molecule has 6 heteroatoms. The predicted octanol–water partition coefficient (Wildman–Crippen LogP) is 1.42. The van der Waals surface area contributed by atoms with E-state index < -0.39 is 9.84 Å². The number of hydrogen-bond acceptors (Lipinski definition) is 4. The van der Waals surface area contributed by atoms with E-state index in [0.717, 1.165) is 23.9 Å². The Hall–Kier alpha value is 0.0900. The van der Waals surface area contributed by atoms with Crippen LogP contribution in [0, 0.1) is 0 Å². The Bertz CT molecular complexity index is 356. The normalized spacial score (nSPS) is 23.1. The van der Waals surface area contributed by atoms with Gasteiger partial charge in [0.2, 0.25) is 0 Å². The van der Waals surface area contributed by atoms with Gasteiger partial charge in [0.05, 0.1) is 11.5 Å². The molecule has 0 aromatic rings. The molecule has 1 aliphatic rings. The second-order valence-corrected chi connectivity index (χ2v) is 7.74. The predicted molar refractivity (Wildman–Crippen MR) is 73.2 cm³/mol. The van der Waals surface area contributed by atoms with E-state index in [9.17, 15) is 8.42 Å². The van der Waals surface area contributed by atoms with E-state index >= 15 is 0 Å². The highest BCUT2D eigenvalue weighted by molar-refractivity contribution is 9.11. The van der Waals surface area contributed by atoms with Crippen molar-refractivity contribution in [3.63, 3.8) is 0 Å². The van der Waals surface area contributed by atoms with Crippen molar-refractivity contribution in [2.45, 2.75) is 18.9 Å². The Kier molecular flexibility index (Phi) is 6.12. The molecule has 1 heterocycles. The fourth-order valence-electron chi connectivity index (χ4n) is 2.09. The molecule has 1 fully saturated rings. The van der Waals surface area contributed by atoms with Crippen LogP contribution in [-0.4, -0.2) is 57.7 Å². The van der Waals surface area contributed by atoms with E-state index in [1.807, 2.05) is 0 Å². The second-order valence-electron chi connectivity index (χ2n) is 4.39. The summed E-state index contributed by atoms with van der Waals surface area (Å²) in [6, 6.07) is 0.131. The molecular formula is C11H20BrNO3S. The monoisotopic (exact) mass is 325 g/mol. The highest BCUT2D eigenvalue weighted by Crippen LogP contribution is 2.20. The first-order chi connectivity index (χ1) is 7.94. The second kappa shape index (κ2) is 6.87. The van der Waals surface area contributed by atoms with Gasteiger partial charge in [-0.15, -0.1) is 0 Å². The zero-order valence-electron chi connectivity index (χ0n) is 10.2. The van der Waals surface area contributed by atoms with Crippen LogP contribution in [0.15, 0.2) is 11.1 Å². The fraction of sp³-hybridized carbons (Fsp3) is 0.818. The van der Waals surface area contributed by atoms with Gasteiger partial charge >= 0.3 is 0 Å². The van der Waals surface area contributed by atoms with Gasteiger partial charge in [-0.1, -0.05) is 22.5 Å². The van der Waals surface area contributed by atoms with Crippen molar-refractivity contribution < 1.29 is 13.2 Å². The average Bonchev–Trinajstić information content (AvgIpc) is 2.57. The third kappa shape index (κ3) is 5.50. The van der Waals surface area contributed by atoms with Crippen LogP contribution in [0.3, 0.4) is 0 Å². The van der Waals surface area contributed by atoms with Crippen LogP contribution in [0.25, 0.3) is 0 Å². The van der Waals surface area contributed by atoms with Crippen LogP contribution in [-0.2, 0) is 14.6 Å². The Morgan fingerprint density at radius 1 is 1.59 bits per heavy atom. The lowest BCUT2D eigenvalue weighted by Gasteiger charge is -2.27.